The highest BCUT2D eigenvalue weighted by atomic mass is 32.2. The van der Waals surface area contributed by atoms with E-state index in [1.165, 1.54) is 17.1 Å². The first-order chi connectivity index (χ1) is 10.9. The number of piperidine rings is 1. The van der Waals surface area contributed by atoms with Crippen molar-refractivity contribution in [2.75, 3.05) is 25.4 Å². The molecule has 5 nitrogen and oxygen atoms in total. The molecular weight excluding hydrogens is 312 g/mol. The van der Waals surface area contributed by atoms with Crippen LogP contribution in [0.5, 0.6) is 0 Å². The van der Waals surface area contributed by atoms with Crippen LogP contribution < -0.4 is 5.32 Å². The van der Waals surface area contributed by atoms with Crippen molar-refractivity contribution in [1.82, 2.24) is 9.62 Å². The van der Waals surface area contributed by atoms with Crippen LogP contribution in [0.15, 0.2) is 0 Å². The van der Waals surface area contributed by atoms with E-state index in [1.807, 2.05) is 6.92 Å². The van der Waals surface area contributed by atoms with E-state index in [4.69, 9.17) is 0 Å². The Balaban J connectivity index is 2.49. The van der Waals surface area contributed by atoms with Gasteiger partial charge in [0.25, 0.3) is 0 Å². The zero-order valence-electron chi connectivity index (χ0n) is 15.0. The molecule has 0 aromatic rings. The Hall–Kier alpha value is -0.620. The molecule has 1 saturated heterocycles. The van der Waals surface area contributed by atoms with E-state index in [-0.39, 0.29) is 17.6 Å². The number of amides is 1. The van der Waals surface area contributed by atoms with E-state index in [9.17, 15) is 13.2 Å². The Morgan fingerprint density at radius 3 is 2.61 bits per heavy atom. The van der Waals surface area contributed by atoms with Gasteiger partial charge in [0.1, 0.15) is 0 Å². The third-order valence-corrected chi connectivity index (χ3v) is 6.76. The Kier molecular flexibility index (Phi) is 9.14. The average molecular weight is 347 g/mol. The SMILES string of the molecule is CCCC[C@@H](CC)CNC(=O)[C@H]1CCCN(S(=O)(=O)CCC)C1. The highest BCUT2D eigenvalue weighted by molar-refractivity contribution is 7.89. The molecule has 1 amide bonds. The molecule has 0 saturated carbocycles. The van der Waals surface area contributed by atoms with Crippen LogP contribution in [0.25, 0.3) is 0 Å². The first-order valence-electron chi connectivity index (χ1n) is 9.20. The summed E-state index contributed by atoms with van der Waals surface area (Å²) in [4.78, 5) is 12.4. The van der Waals surface area contributed by atoms with Crippen molar-refractivity contribution in [3.05, 3.63) is 0 Å². The molecule has 23 heavy (non-hydrogen) atoms. The number of nitrogens with one attached hydrogen (secondary N) is 1. The smallest absolute Gasteiger partial charge is 0.224 e. The van der Waals surface area contributed by atoms with Crippen molar-refractivity contribution in [1.29, 1.82) is 0 Å². The van der Waals surface area contributed by atoms with Gasteiger partial charge in [0, 0.05) is 19.6 Å². The minimum absolute atomic E-state index is 0.0244. The number of sulfonamides is 1. The molecule has 1 aliphatic heterocycles. The summed E-state index contributed by atoms with van der Waals surface area (Å²) >= 11 is 0. The first-order valence-corrected chi connectivity index (χ1v) is 10.8. The molecule has 136 valence electrons. The largest absolute Gasteiger partial charge is 0.356 e. The van der Waals surface area contributed by atoms with E-state index in [1.54, 1.807) is 0 Å². The van der Waals surface area contributed by atoms with Gasteiger partial charge < -0.3 is 5.32 Å². The summed E-state index contributed by atoms with van der Waals surface area (Å²) in [5, 5.41) is 3.06. The number of rotatable bonds is 10. The Bertz CT molecular complexity index is 451. The lowest BCUT2D eigenvalue weighted by molar-refractivity contribution is -0.126. The van der Waals surface area contributed by atoms with Crippen LogP contribution in [0, 0.1) is 11.8 Å². The molecule has 0 radical (unpaired) electrons. The molecule has 1 fully saturated rings. The number of carbonyl (C=O) groups excluding carboxylic acids is 1. The average Bonchev–Trinajstić information content (AvgIpc) is 2.55. The van der Waals surface area contributed by atoms with Crippen LogP contribution in [-0.2, 0) is 14.8 Å². The van der Waals surface area contributed by atoms with Crippen LogP contribution >= 0.6 is 0 Å². The fourth-order valence-electron chi connectivity index (χ4n) is 3.13. The lowest BCUT2D eigenvalue weighted by Gasteiger charge is -2.31. The summed E-state index contributed by atoms with van der Waals surface area (Å²) < 4.78 is 25.9. The van der Waals surface area contributed by atoms with E-state index >= 15 is 0 Å². The van der Waals surface area contributed by atoms with E-state index in [0.717, 1.165) is 25.7 Å². The normalized spacial score (nSPS) is 21.1. The molecule has 0 bridgehead atoms. The maximum atomic E-state index is 12.4. The second kappa shape index (κ2) is 10.3. The second-order valence-electron chi connectivity index (χ2n) is 6.67. The molecule has 0 unspecified atom stereocenters. The van der Waals surface area contributed by atoms with Gasteiger partial charge in [-0.3, -0.25) is 4.79 Å². The predicted octanol–water partition coefficient (Wildman–Crippen LogP) is 2.77. The topological polar surface area (TPSA) is 66.5 Å². The van der Waals surface area contributed by atoms with Gasteiger partial charge in [0.2, 0.25) is 15.9 Å². The van der Waals surface area contributed by atoms with Crippen molar-refractivity contribution >= 4 is 15.9 Å². The van der Waals surface area contributed by atoms with Crippen molar-refractivity contribution in [2.24, 2.45) is 11.8 Å². The zero-order chi connectivity index (χ0) is 17.3. The lowest BCUT2D eigenvalue weighted by atomic mass is 9.96. The van der Waals surface area contributed by atoms with Crippen molar-refractivity contribution in [3.8, 4) is 0 Å². The van der Waals surface area contributed by atoms with Crippen LogP contribution in [0.4, 0.5) is 0 Å². The van der Waals surface area contributed by atoms with Gasteiger partial charge in [-0.2, -0.15) is 0 Å². The number of nitrogens with zero attached hydrogens (tertiary/aromatic N) is 1. The molecule has 0 spiro atoms. The van der Waals surface area contributed by atoms with E-state index in [0.29, 0.717) is 32.0 Å². The zero-order valence-corrected chi connectivity index (χ0v) is 15.8. The number of carbonyl (C=O) groups is 1. The summed E-state index contributed by atoms with van der Waals surface area (Å²) in [5.74, 6) is 0.536. The second-order valence-corrected chi connectivity index (χ2v) is 8.76. The molecule has 1 aliphatic rings. The summed E-state index contributed by atoms with van der Waals surface area (Å²) in [5.41, 5.74) is 0. The summed E-state index contributed by atoms with van der Waals surface area (Å²) in [6, 6.07) is 0. The monoisotopic (exact) mass is 346 g/mol. The Morgan fingerprint density at radius 2 is 2.00 bits per heavy atom. The molecule has 0 aromatic carbocycles. The van der Waals surface area contributed by atoms with Crippen LogP contribution in [-0.4, -0.2) is 44.0 Å². The minimum atomic E-state index is -3.19. The standard InChI is InChI=1S/C17H34N2O3S/c1-4-7-9-15(6-3)13-18-17(20)16-10-8-11-19(14-16)23(21,22)12-5-2/h15-16H,4-14H2,1-3H3,(H,18,20)/t15-,16+/m1/s1. The molecule has 1 heterocycles. The van der Waals surface area contributed by atoms with Crippen LogP contribution in [0.2, 0.25) is 0 Å². The van der Waals surface area contributed by atoms with Gasteiger partial charge in [-0.1, -0.05) is 40.0 Å². The third kappa shape index (κ3) is 6.79. The van der Waals surface area contributed by atoms with Crippen LogP contribution in [0.1, 0.15) is 65.7 Å². The van der Waals surface area contributed by atoms with Gasteiger partial charge in [-0.15, -0.1) is 0 Å². The molecule has 1 rings (SSSR count). The van der Waals surface area contributed by atoms with Crippen molar-refractivity contribution < 1.29 is 13.2 Å². The molecule has 1 N–H and O–H groups in total. The van der Waals surface area contributed by atoms with Gasteiger partial charge >= 0.3 is 0 Å². The summed E-state index contributed by atoms with van der Waals surface area (Å²) in [6.45, 7) is 7.82. The number of hydrogen-bond acceptors (Lipinski definition) is 3. The van der Waals surface area contributed by atoms with Crippen LogP contribution in [0.3, 0.4) is 0 Å². The van der Waals surface area contributed by atoms with Gasteiger partial charge in [0.05, 0.1) is 11.7 Å². The molecule has 0 aliphatic carbocycles. The molecule has 6 heteroatoms. The lowest BCUT2D eigenvalue weighted by Crippen LogP contribution is -2.46. The van der Waals surface area contributed by atoms with E-state index < -0.39 is 10.0 Å². The Labute approximate surface area is 142 Å². The highest BCUT2D eigenvalue weighted by Gasteiger charge is 2.31. The van der Waals surface area contributed by atoms with Gasteiger partial charge in [0.15, 0.2) is 0 Å². The van der Waals surface area contributed by atoms with Gasteiger partial charge in [-0.05, 0) is 31.6 Å². The number of hydrogen-bond donors (Lipinski definition) is 1. The highest BCUT2D eigenvalue weighted by Crippen LogP contribution is 2.20. The van der Waals surface area contributed by atoms with Gasteiger partial charge in [-0.25, -0.2) is 12.7 Å². The molecule has 2 atom stereocenters. The van der Waals surface area contributed by atoms with Crippen molar-refractivity contribution in [3.63, 3.8) is 0 Å². The minimum Gasteiger partial charge on any atom is -0.356 e. The fraction of sp³-hybridized carbons (Fsp3) is 0.941. The number of unbranched alkanes of at least 4 members (excludes halogenated alkanes) is 1. The maximum Gasteiger partial charge on any atom is 0.224 e. The van der Waals surface area contributed by atoms with Crippen molar-refractivity contribution in [2.45, 2.75) is 65.7 Å². The fourth-order valence-corrected chi connectivity index (χ4v) is 4.72. The first kappa shape index (κ1) is 20.4. The van der Waals surface area contributed by atoms with E-state index in [2.05, 4.69) is 19.2 Å². The third-order valence-electron chi connectivity index (χ3n) is 4.72. The molecule has 0 aromatic heterocycles. The maximum absolute atomic E-state index is 12.4. The predicted molar refractivity (Wildman–Crippen MR) is 94.7 cm³/mol. The molecular formula is C17H34N2O3S. The Morgan fingerprint density at radius 1 is 1.26 bits per heavy atom. The summed E-state index contributed by atoms with van der Waals surface area (Å²) in [6.07, 6.45) is 6.77. The quantitative estimate of drug-likeness (QED) is 0.661. The summed E-state index contributed by atoms with van der Waals surface area (Å²) in [7, 11) is -3.19.